The number of rotatable bonds is 3. The first kappa shape index (κ1) is 15.4. The fraction of sp³-hybridized carbons (Fsp3) is 0.364. The Labute approximate surface area is 123 Å². The Morgan fingerprint density at radius 3 is 2.40 bits per heavy atom. The molecule has 1 heterocycles. The molecule has 110 valence electrons. The molecule has 0 aliphatic carbocycles. The minimum atomic E-state index is -3.71. The van der Waals surface area contributed by atoms with Crippen LogP contribution in [0.1, 0.15) is 5.56 Å². The zero-order valence-corrected chi connectivity index (χ0v) is 13.0. The number of hydrogen-bond acceptors (Lipinski definition) is 5. The van der Waals surface area contributed by atoms with Crippen LogP contribution >= 0.6 is 12.2 Å². The van der Waals surface area contributed by atoms with E-state index < -0.39 is 19.9 Å². The lowest BCUT2D eigenvalue weighted by molar-refractivity contribution is 0.431. The van der Waals surface area contributed by atoms with Gasteiger partial charge in [0.25, 0.3) is 0 Å². The molecule has 2 rings (SSSR count). The summed E-state index contributed by atoms with van der Waals surface area (Å²) in [4.78, 5) is 0.186. The molecule has 1 saturated heterocycles. The molecule has 6 nitrogen and oxygen atoms in total. The van der Waals surface area contributed by atoms with Crippen molar-refractivity contribution in [3.8, 4) is 0 Å². The quantitative estimate of drug-likeness (QED) is 0.765. The number of benzene rings is 1. The molecule has 1 aliphatic heterocycles. The van der Waals surface area contributed by atoms with E-state index in [2.05, 4.69) is 0 Å². The van der Waals surface area contributed by atoms with E-state index in [0.29, 0.717) is 5.56 Å². The van der Waals surface area contributed by atoms with E-state index >= 15 is 0 Å². The zero-order valence-electron chi connectivity index (χ0n) is 10.5. The van der Waals surface area contributed by atoms with Gasteiger partial charge >= 0.3 is 0 Å². The van der Waals surface area contributed by atoms with E-state index in [1.165, 1.54) is 16.4 Å². The maximum atomic E-state index is 12.4. The van der Waals surface area contributed by atoms with E-state index in [4.69, 9.17) is 18.0 Å². The Morgan fingerprint density at radius 2 is 1.85 bits per heavy atom. The third kappa shape index (κ3) is 3.17. The van der Waals surface area contributed by atoms with Crippen molar-refractivity contribution >= 4 is 37.1 Å². The fourth-order valence-electron chi connectivity index (χ4n) is 1.89. The average Bonchev–Trinajstić information content (AvgIpc) is 2.38. The summed E-state index contributed by atoms with van der Waals surface area (Å²) in [6.45, 7) is -0.0517. The van der Waals surface area contributed by atoms with Crippen LogP contribution in [0.4, 0.5) is 0 Å². The normalized spacial score (nSPS) is 19.6. The van der Waals surface area contributed by atoms with Crippen molar-refractivity contribution in [1.29, 1.82) is 0 Å². The molecule has 20 heavy (non-hydrogen) atoms. The van der Waals surface area contributed by atoms with Gasteiger partial charge in [-0.25, -0.2) is 16.8 Å². The molecule has 0 bridgehead atoms. The van der Waals surface area contributed by atoms with Gasteiger partial charge in [-0.1, -0.05) is 24.4 Å². The van der Waals surface area contributed by atoms with E-state index in [1.54, 1.807) is 12.1 Å². The molecule has 0 spiro atoms. The largest absolute Gasteiger partial charge is 0.389 e. The van der Waals surface area contributed by atoms with Crippen molar-refractivity contribution in [2.75, 3.05) is 24.6 Å². The number of sulfone groups is 1. The van der Waals surface area contributed by atoms with Gasteiger partial charge in [0, 0.05) is 18.7 Å². The van der Waals surface area contributed by atoms with Gasteiger partial charge in [-0.3, -0.25) is 0 Å². The van der Waals surface area contributed by atoms with Crippen LogP contribution in [-0.2, 0) is 19.9 Å². The predicted molar refractivity (Wildman–Crippen MR) is 79.7 cm³/mol. The third-order valence-electron chi connectivity index (χ3n) is 3.06. The standard InChI is InChI=1S/C11H14N2O4S3/c12-11(18)9-2-1-3-10(8-9)20(16,17)13-4-6-19(14,15)7-5-13/h1-3,8H,4-7H2,(H2,12,18). The first-order chi connectivity index (χ1) is 9.22. The summed E-state index contributed by atoms with van der Waals surface area (Å²) in [5, 5.41) is 0. The summed E-state index contributed by atoms with van der Waals surface area (Å²) in [5.41, 5.74) is 5.95. The summed E-state index contributed by atoms with van der Waals surface area (Å²) < 4.78 is 48.7. The van der Waals surface area contributed by atoms with Crippen molar-refractivity contribution in [1.82, 2.24) is 4.31 Å². The average molecular weight is 334 g/mol. The van der Waals surface area contributed by atoms with Crippen LogP contribution < -0.4 is 5.73 Å². The molecule has 0 aromatic heterocycles. The molecule has 1 aromatic carbocycles. The number of sulfonamides is 1. The van der Waals surface area contributed by atoms with Crippen LogP contribution in [0, 0.1) is 0 Å². The predicted octanol–water partition coefficient (Wildman–Crippen LogP) is -0.260. The minimum absolute atomic E-state index is 0.0258. The number of hydrogen-bond donors (Lipinski definition) is 1. The third-order valence-corrected chi connectivity index (χ3v) is 6.80. The van der Waals surface area contributed by atoms with E-state index in [1.807, 2.05) is 0 Å². The van der Waals surface area contributed by atoms with Crippen molar-refractivity contribution in [2.24, 2.45) is 5.73 Å². The molecule has 2 N–H and O–H groups in total. The van der Waals surface area contributed by atoms with Gasteiger partial charge in [-0.2, -0.15) is 4.31 Å². The maximum absolute atomic E-state index is 12.4. The topological polar surface area (TPSA) is 97.5 Å². The second-order valence-electron chi connectivity index (χ2n) is 4.45. The monoisotopic (exact) mass is 334 g/mol. The lowest BCUT2D eigenvalue weighted by atomic mass is 10.2. The van der Waals surface area contributed by atoms with Gasteiger partial charge in [0.05, 0.1) is 16.4 Å². The molecule has 0 radical (unpaired) electrons. The summed E-state index contributed by atoms with van der Waals surface area (Å²) in [7, 11) is -6.84. The molecule has 0 atom stereocenters. The van der Waals surface area contributed by atoms with E-state index in [0.717, 1.165) is 0 Å². The fourth-order valence-corrected chi connectivity index (χ4v) is 4.94. The highest BCUT2D eigenvalue weighted by Gasteiger charge is 2.31. The Balaban J connectivity index is 2.32. The summed E-state index contributed by atoms with van der Waals surface area (Å²) >= 11 is 4.82. The number of nitrogens with zero attached hydrogens (tertiary/aromatic N) is 1. The van der Waals surface area contributed by atoms with Gasteiger partial charge in [0.2, 0.25) is 10.0 Å². The second-order valence-corrected chi connectivity index (χ2v) is 9.13. The van der Waals surface area contributed by atoms with E-state index in [-0.39, 0.29) is 34.5 Å². The zero-order chi connectivity index (χ0) is 15.0. The Kier molecular flexibility index (Phi) is 4.14. The highest BCUT2D eigenvalue weighted by molar-refractivity contribution is 7.92. The van der Waals surface area contributed by atoms with Crippen molar-refractivity contribution in [2.45, 2.75) is 4.90 Å². The maximum Gasteiger partial charge on any atom is 0.243 e. The molecular weight excluding hydrogens is 320 g/mol. The Bertz CT molecular complexity index is 727. The summed E-state index contributed by atoms with van der Waals surface area (Å²) in [6.07, 6.45) is 0. The first-order valence-electron chi connectivity index (χ1n) is 5.83. The van der Waals surface area contributed by atoms with Crippen LogP contribution in [0.3, 0.4) is 0 Å². The smallest absolute Gasteiger partial charge is 0.243 e. The molecule has 9 heteroatoms. The van der Waals surface area contributed by atoms with Crippen LogP contribution in [-0.4, -0.2) is 50.7 Å². The highest BCUT2D eigenvalue weighted by Crippen LogP contribution is 2.19. The highest BCUT2D eigenvalue weighted by atomic mass is 32.2. The lowest BCUT2D eigenvalue weighted by Crippen LogP contribution is -2.43. The van der Waals surface area contributed by atoms with Crippen LogP contribution in [0.25, 0.3) is 0 Å². The summed E-state index contributed by atoms with van der Waals surface area (Å²) in [5.74, 6) is -0.303. The number of nitrogens with two attached hydrogens (primary N) is 1. The van der Waals surface area contributed by atoms with Crippen molar-refractivity contribution in [3.05, 3.63) is 29.8 Å². The van der Waals surface area contributed by atoms with Crippen molar-refractivity contribution in [3.63, 3.8) is 0 Å². The van der Waals surface area contributed by atoms with Gasteiger partial charge in [0.15, 0.2) is 9.84 Å². The molecule has 1 fully saturated rings. The van der Waals surface area contributed by atoms with Crippen LogP contribution in [0.2, 0.25) is 0 Å². The molecular formula is C11H14N2O4S3. The second kappa shape index (κ2) is 5.40. The Hall–Kier alpha value is -1.03. The van der Waals surface area contributed by atoms with E-state index in [9.17, 15) is 16.8 Å². The number of thiocarbonyl (C=S) groups is 1. The SMILES string of the molecule is NC(=S)c1cccc(S(=O)(=O)N2CCS(=O)(=O)CC2)c1. The Morgan fingerprint density at radius 1 is 1.25 bits per heavy atom. The first-order valence-corrected chi connectivity index (χ1v) is 9.50. The van der Waals surface area contributed by atoms with Gasteiger partial charge < -0.3 is 5.73 Å². The van der Waals surface area contributed by atoms with Gasteiger partial charge in [-0.15, -0.1) is 0 Å². The minimum Gasteiger partial charge on any atom is -0.389 e. The molecule has 1 aromatic rings. The molecule has 1 aliphatic rings. The molecule has 0 unspecified atom stereocenters. The van der Waals surface area contributed by atoms with Crippen molar-refractivity contribution < 1.29 is 16.8 Å². The molecule has 0 amide bonds. The molecule has 0 saturated carbocycles. The van der Waals surface area contributed by atoms with Crippen LogP contribution in [0.15, 0.2) is 29.2 Å². The van der Waals surface area contributed by atoms with Gasteiger partial charge in [0.1, 0.15) is 4.99 Å². The lowest BCUT2D eigenvalue weighted by Gasteiger charge is -2.26. The van der Waals surface area contributed by atoms with Gasteiger partial charge in [-0.05, 0) is 12.1 Å². The summed E-state index contributed by atoms with van der Waals surface area (Å²) in [6, 6.07) is 6.03. The van der Waals surface area contributed by atoms with Crippen LogP contribution in [0.5, 0.6) is 0 Å².